The molecular formula is C10H9ClN2. The zero-order valence-corrected chi connectivity index (χ0v) is 7.78. The minimum atomic E-state index is 0.800. The topological polar surface area (TPSA) is 27.8 Å². The van der Waals surface area contributed by atoms with E-state index in [1.807, 2.05) is 12.1 Å². The van der Waals surface area contributed by atoms with Gasteiger partial charge < -0.3 is 10.3 Å². The van der Waals surface area contributed by atoms with Crippen molar-refractivity contribution in [1.82, 2.24) is 4.98 Å². The lowest BCUT2D eigenvalue weighted by Crippen LogP contribution is -2.09. The summed E-state index contributed by atoms with van der Waals surface area (Å²) in [5.74, 6) is 0. The van der Waals surface area contributed by atoms with E-state index in [0.29, 0.717) is 0 Å². The Labute approximate surface area is 80.9 Å². The number of aromatic nitrogens is 1. The molecule has 0 radical (unpaired) electrons. The lowest BCUT2D eigenvalue weighted by atomic mass is 10.1. The molecule has 0 amide bonds. The highest BCUT2D eigenvalue weighted by atomic mass is 35.5. The Morgan fingerprint density at radius 2 is 2.23 bits per heavy atom. The molecule has 3 heteroatoms. The highest BCUT2D eigenvalue weighted by Crippen LogP contribution is 2.34. The molecule has 2 N–H and O–H groups in total. The lowest BCUT2D eigenvalue weighted by Gasteiger charge is -2.14. The molecule has 0 bridgehead atoms. The van der Waals surface area contributed by atoms with Gasteiger partial charge in [-0.1, -0.05) is 11.6 Å². The van der Waals surface area contributed by atoms with E-state index in [2.05, 4.69) is 16.5 Å². The van der Waals surface area contributed by atoms with E-state index in [9.17, 15) is 0 Å². The first-order valence-electron chi connectivity index (χ1n) is 4.38. The Morgan fingerprint density at radius 1 is 1.31 bits per heavy atom. The van der Waals surface area contributed by atoms with Gasteiger partial charge in [-0.2, -0.15) is 0 Å². The molecule has 0 saturated carbocycles. The number of hydrogen-bond acceptors (Lipinski definition) is 1. The number of benzene rings is 1. The maximum Gasteiger partial charge on any atom is 0.0667 e. The molecule has 2 nitrogen and oxygen atoms in total. The van der Waals surface area contributed by atoms with E-state index in [0.717, 1.165) is 23.5 Å². The van der Waals surface area contributed by atoms with E-state index >= 15 is 0 Å². The second-order valence-corrected chi connectivity index (χ2v) is 3.74. The number of aromatic amines is 1. The van der Waals surface area contributed by atoms with E-state index in [1.54, 1.807) is 0 Å². The summed E-state index contributed by atoms with van der Waals surface area (Å²) in [4.78, 5) is 3.22. The van der Waals surface area contributed by atoms with Crippen LogP contribution in [0.5, 0.6) is 0 Å². The summed E-state index contributed by atoms with van der Waals surface area (Å²) in [5.41, 5.74) is 3.62. The summed E-state index contributed by atoms with van der Waals surface area (Å²) in [6.07, 6.45) is 3.13. The van der Waals surface area contributed by atoms with Gasteiger partial charge in [0.05, 0.1) is 10.5 Å². The van der Waals surface area contributed by atoms with Gasteiger partial charge >= 0.3 is 0 Å². The number of nitrogens with one attached hydrogen (secondary N) is 2. The van der Waals surface area contributed by atoms with Crippen molar-refractivity contribution in [3.63, 3.8) is 0 Å². The van der Waals surface area contributed by atoms with Crippen molar-refractivity contribution < 1.29 is 0 Å². The highest BCUT2D eigenvalue weighted by molar-refractivity contribution is 6.35. The fraction of sp³-hybridized carbons (Fsp3) is 0.200. The van der Waals surface area contributed by atoms with Gasteiger partial charge in [0.1, 0.15) is 0 Å². The molecule has 0 saturated heterocycles. The molecule has 13 heavy (non-hydrogen) atoms. The SMILES string of the molecule is Clc1ccc2c3c(c[nH]c13)CCN2. The van der Waals surface area contributed by atoms with Gasteiger partial charge in [0.25, 0.3) is 0 Å². The minimum Gasteiger partial charge on any atom is -0.384 e. The Bertz CT molecular complexity index is 473. The predicted octanol–water partition coefficient (Wildman–Crippen LogP) is 2.79. The second kappa shape index (κ2) is 2.42. The van der Waals surface area contributed by atoms with Crippen LogP contribution in [0.1, 0.15) is 5.56 Å². The molecule has 0 atom stereocenters. The first-order chi connectivity index (χ1) is 6.36. The first-order valence-corrected chi connectivity index (χ1v) is 4.76. The van der Waals surface area contributed by atoms with Crippen molar-refractivity contribution in [3.8, 4) is 0 Å². The van der Waals surface area contributed by atoms with Gasteiger partial charge in [-0.15, -0.1) is 0 Å². The molecule has 1 aliphatic rings. The molecule has 1 aromatic carbocycles. The average molecular weight is 193 g/mol. The zero-order valence-electron chi connectivity index (χ0n) is 7.02. The normalized spacial score (nSPS) is 14.5. The van der Waals surface area contributed by atoms with Crippen LogP contribution in [0.3, 0.4) is 0 Å². The van der Waals surface area contributed by atoms with Gasteiger partial charge in [0.15, 0.2) is 0 Å². The van der Waals surface area contributed by atoms with Crippen LogP contribution in [0.25, 0.3) is 10.9 Å². The van der Waals surface area contributed by atoms with E-state index in [1.165, 1.54) is 16.6 Å². The van der Waals surface area contributed by atoms with Gasteiger partial charge in [-0.3, -0.25) is 0 Å². The second-order valence-electron chi connectivity index (χ2n) is 3.34. The third kappa shape index (κ3) is 0.893. The molecule has 0 aliphatic carbocycles. The van der Waals surface area contributed by atoms with Crippen molar-refractivity contribution in [1.29, 1.82) is 0 Å². The number of H-pyrrole nitrogens is 1. The first kappa shape index (κ1) is 7.27. The Kier molecular flexibility index (Phi) is 1.35. The number of hydrogen-bond donors (Lipinski definition) is 2. The molecule has 1 aliphatic heterocycles. The van der Waals surface area contributed by atoms with Crippen LogP contribution in [0, 0.1) is 0 Å². The van der Waals surface area contributed by atoms with Gasteiger partial charge in [0.2, 0.25) is 0 Å². The van der Waals surface area contributed by atoms with Crippen LogP contribution in [0.2, 0.25) is 5.02 Å². The van der Waals surface area contributed by atoms with Crippen molar-refractivity contribution in [3.05, 3.63) is 28.9 Å². The van der Waals surface area contributed by atoms with Crippen LogP contribution in [-0.4, -0.2) is 11.5 Å². The molecule has 0 spiro atoms. The third-order valence-electron chi connectivity index (χ3n) is 2.58. The highest BCUT2D eigenvalue weighted by Gasteiger charge is 2.14. The summed E-state index contributed by atoms with van der Waals surface area (Å²) >= 11 is 6.06. The van der Waals surface area contributed by atoms with Crippen molar-refractivity contribution in [2.45, 2.75) is 6.42 Å². The average Bonchev–Trinajstić information content (AvgIpc) is 2.57. The summed E-state index contributed by atoms with van der Waals surface area (Å²) < 4.78 is 0. The number of rotatable bonds is 0. The molecule has 66 valence electrons. The van der Waals surface area contributed by atoms with Gasteiger partial charge in [-0.05, 0) is 24.1 Å². The van der Waals surface area contributed by atoms with Crippen molar-refractivity contribution >= 4 is 28.2 Å². The van der Waals surface area contributed by atoms with Crippen LogP contribution in [0.15, 0.2) is 18.3 Å². The van der Waals surface area contributed by atoms with Gasteiger partial charge in [0, 0.05) is 23.8 Å². The zero-order chi connectivity index (χ0) is 8.84. The summed E-state index contributed by atoms with van der Waals surface area (Å²) in [6, 6.07) is 3.97. The molecular weight excluding hydrogens is 184 g/mol. The fourth-order valence-corrected chi connectivity index (χ4v) is 2.17. The molecule has 3 rings (SSSR count). The Balaban J connectivity index is 2.50. The van der Waals surface area contributed by atoms with Crippen LogP contribution in [-0.2, 0) is 6.42 Å². The minimum absolute atomic E-state index is 0.800. The number of halogens is 1. The quantitative estimate of drug-likeness (QED) is 0.660. The van der Waals surface area contributed by atoms with Crippen molar-refractivity contribution in [2.24, 2.45) is 0 Å². The summed E-state index contributed by atoms with van der Waals surface area (Å²) in [7, 11) is 0. The maximum absolute atomic E-state index is 6.06. The maximum atomic E-state index is 6.06. The molecule has 2 aromatic rings. The van der Waals surface area contributed by atoms with Crippen LogP contribution in [0.4, 0.5) is 5.69 Å². The largest absolute Gasteiger partial charge is 0.384 e. The molecule has 2 heterocycles. The smallest absolute Gasteiger partial charge is 0.0667 e. The summed E-state index contributed by atoms with van der Waals surface area (Å²) in [5, 5.41) is 5.42. The molecule has 1 aromatic heterocycles. The van der Waals surface area contributed by atoms with Crippen LogP contribution < -0.4 is 5.32 Å². The van der Waals surface area contributed by atoms with E-state index in [4.69, 9.17) is 11.6 Å². The predicted molar refractivity (Wildman–Crippen MR) is 55.5 cm³/mol. The molecule has 0 unspecified atom stereocenters. The van der Waals surface area contributed by atoms with E-state index in [-0.39, 0.29) is 0 Å². The fourth-order valence-electron chi connectivity index (χ4n) is 1.96. The molecule has 0 fully saturated rings. The standard InChI is InChI=1S/C10H9ClN2/c11-7-1-2-8-9-6(3-4-12-8)5-13-10(7)9/h1-2,5,12-13H,3-4H2. The third-order valence-corrected chi connectivity index (χ3v) is 2.89. The Hall–Kier alpha value is -1.15. The van der Waals surface area contributed by atoms with Crippen LogP contribution >= 0.6 is 11.6 Å². The van der Waals surface area contributed by atoms with E-state index < -0.39 is 0 Å². The summed E-state index contributed by atoms with van der Waals surface area (Å²) in [6.45, 7) is 1.02. The number of anilines is 1. The van der Waals surface area contributed by atoms with Gasteiger partial charge in [-0.25, -0.2) is 0 Å². The lowest BCUT2D eigenvalue weighted by molar-refractivity contribution is 1.01. The monoisotopic (exact) mass is 192 g/mol. The van der Waals surface area contributed by atoms with Crippen molar-refractivity contribution in [2.75, 3.05) is 11.9 Å². The Morgan fingerprint density at radius 3 is 3.15 bits per heavy atom.